The summed E-state index contributed by atoms with van der Waals surface area (Å²) in [4.78, 5) is 5.16. The largest absolute Gasteiger partial charge is 0.292 e. The molecule has 0 saturated carbocycles. The highest BCUT2D eigenvalue weighted by molar-refractivity contribution is 7.79. The third-order valence-electron chi connectivity index (χ3n) is 7.51. The quantitative estimate of drug-likeness (QED) is 0.179. The molecule has 2 aromatic heterocycles. The van der Waals surface area contributed by atoms with Gasteiger partial charge in [-0.05, 0) is 64.3 Å². The van der Waals surface area contributed by atoms with Gasteiger partial charge in [0.2, 0.25) is 0 Å². The van der Waals surface area contributed by atoms with Gasteiger partial charge in [-0.3, -0.25) is 4.40 Å². The van der Waals surface area contributed by atoms with Crippen molar-refractivity contribution < 1.29 is 0 Å². The fraction of sp³-hybridized carbons (Fsp3) is 0. The highest BCUT2D eigenvalue weighted by Crippen LogP contribution is 2.38. The molecular weight excluding hydrogens is 479 g/mol. The Morgan fingerprint density at radius 3 is 1.87 bits per heavy atom. The lowest BCUT2D eigenvalue weighted by Gasteiger charge is -2.20. The number of fused-ring (bicyclic) bond motifs is 10. The van der Waals surface area contributed by atoms with Crippen LogP contribution in [0.15, 0.2) is 140 Å². The molecule has 0 atom stereocenters. The van der Waals surface area contributed by atoms with Gasteiger partial charge in [-0.25, -0.2) is 4.98 Å². The first kappa shape index (κ1) is 21.6. The Balaban J connectivity index is 1.46. The second-order valence-electron chi connectivity index (χ2n) is 9.68. The van der Waals surface area contributed by atoms with Crippen molar-refractivity contribution in [2.24, 2.45) is 0 Å². The van der Waals surface area contributed by atoms with Gasteiger partial charge in [0.15, 0.2) is 0 Å². The first-order valence-corrected chi connectivity index (χ1v) is 14.3. The first-order valence-electron chi connectivity index (χ1n) is 12.9. The molecule has 0 aliphatic heterocycles. The molecule has 0 radical (unpaired) electrons. The Bertz CT molecular complexity index is 2090. The van der Waals surface area contributed by atoms with E-state index in [1.165, 1.54) is 48.4 Å². The molecule has 178 valence electrons. The molecule has 0 fully saturated rings. The van der Waals surface area contributed by atoms with Crippen LogP contribution in [0.3, 0.4) is 0 Å². The highest BCUT2D eigenvalue weighted by atomic mass is 31.1. The molecule has 8 rings (SSSR count). The molecule has 0 bridgehead atoms. The molecule has 0 aliphatic rings. The van der Waals surface area contributed by atoms with Crippen molar-refractivity contribution in [2.45, 2.75) is 0 Å². The van der Waals surface area contributed by atoms with Crippen LogP contribution in [0.4, 0.5) is 0 Å². The smallest absolute Gasteiger partial charge is 0.147 e. The van der Waals surface area contributed by atoms with Crippen molar-refractivity contribution in [3.05, 3.63) is 140 Å². The second-order valence-corrected chi connectivity index (χ2v) is 11.9. The van der Waals surface area contributed by atoms with Crippen LogP contribution in [0.2, 0.25) is 0 Å². The second kappa shape index (κ2) is 8.52. The van der Waals surface area contributed by atoms with E-state index in [9.17, 15) is 0 Å². The van der Waals surface area contributed by atoms with Crippen LogP contribution in [0.1, 0.15) is 0 Å². The average Bonchev–Trinajstić information content (AvgIpc) is 3.38. The lowest BCUT2D eigenvalue weighted by atomic mass is 9.99. The number of hydrogen-bond acceptors (Lipinski definition) is 1. The fourth-order valence-electron chi connectivity index (χ4n) is 5.86. The van der Waals surface area contributed by atoms with Crippen molar-refractivity contribution in [1.82, 2.24) is 9.38 Å². The molecule has 6 aromatic carbocycles. The van der Waals surface area contributed by atoms with Crippen molar-refractivity contribution in [1.29, 1.82) is 0 Å². The van der Waals surface area contributed by atoms with E-state index < -0.39 is 7.92 Å². The number of nitrogens with zero attached hydrogens (tertiary/aromatic N) is 2. The average molecular weight is 503 g/mol. The summed E-state index contributed by atoms with van der Waals surface area (Å²) >= 11 is 0. The number of pyridine rings is 1. The van der Waals surface area contributed by atoms with E-state index in [4.69, 9.17) is 4.98 Å². The van der Waals surface area contributed by atoms with Gasteiger partial charge in [0.1, 0.15) is 5.65 Å². The van der Waals surface area contributed by atoms with Gasteiger partial charge in [0, 0.05) is 10.8 Å². The molecule has 2 heterocycles. The Morgan fingerprint density at radius 2 is 1.11 bits per heavy atom. The number of imidazole rings is 1. The number of aromatic nitrogens is 2. The summed E-state index contributed by atoms with van der Waals surface area (Å²) in [5.74, 6) is 0. The number of hydrogen-bond donors (Lipinski definition) is 0. The summed E-state index contributed by atoms with van der Waals surface area (Å²) in [6.45, 7) is 0. The third-order valence-corrected chi connectivity index (χ3v) is 9.93. The van der Waals surface area contributed by atoms with Gasteiger partial charge in [0.05, 0.1) is 16.6 Å². The van der Waals surface area contributed by atoms with Crippen molar-refractivity contribution >= 4 is 73.0 Å². The molecule has 2 nitrogen and oxygen atoms in total. The van der Waals surface area contributed by atoms with Crippen LogP contribution in [-0.2, 0) is 0 Å². The summed E-state index contributed by atoms with van der Waals surface area (Å²) in [5, 5.41) is 10.3. The van der Waals surface area contributed by atoms with Crippen LogP contribution < -0.4 is 15.9 Å². The van der Waals surface area contributed by atoms with Crippen LogP contribution in [0.25, 0.3) is 49.1 Å². The summed E-state index contributed by atoms with van der Waals surface area (Å²) in [5.41, 5.74) is 4.38. The Kier molecular flexibility index (Phi) is 4.83. The zero-order chi connectivity index (χ0) is 25.1. The number of para-hydroxylation sites is 3. The van der Waals surface area contributed by atoms with Gasteiger partial charge in [-0.2, -0.15) is 0 Å². The zero-order valence-electron chi connectivity index (χ0n) is 20.6. The summed E-state index contributed by atoms with van der Waals surface area (Å²) in [6.07, 6.45) is 0. The monoisotopic (exact) mass is 502 g/mol. The number of rotatable bonds is 3. The SMILES string of the molecule is c1ccc(P(c2ccccc2)c2ccc3c(ccc4c5ccccc5n5c6ccccc6nc5c34)c2)cc1. The Hall–Kier alpha value is -4.52. The maximum absolute atomic E-state index is 5.16. The lowest BCUT2D eigenvalue weighted by molar-refractivity contribution is 1.32. The van der Waals surface area contributed by atoms with Crippen LogP contribution in [-0.4, -0.2) is 9.38 Å². The van der Waals surface area contributed by atoms with Crippen LogP contribution in [0, 0.1) is 0 Å². The minimum atomic E-state index is -0.662. The first-order chi connectivity index (χ1) is 18.9. The fourth-order valence-corrected chi connectivity index (χ4v) is 8.18. The van der Waals surface area contributed by atoms with E-state index in [2.05, 4.69) is 144 Å². The zero-order valence-corrected chi connectivity index (χ0v) is 21.5. The van der Waals surface area contributed by atoms with Crippen LogP contribution >= 0.6 is 7.92 Å². The standard InChI is InChI=1S/C35H23N2P/c1-3-11-25(12-4-1)38(26-13-5-2-6-14-26)27-20-22-28-24(23-27)19-21-30-29-15-7-9-17-32(29)37-33-18-10-8-16-31(33)36-35(37)34(28)30/h1-23H. The van der Waals surface area contributed by atoms with E-state index in [0.29, 0.717) is 0 Å². The van der Waals surface area contributed by atoms with Gasteiger partial charge in [-0.1, -0.05) is 115 Å². The van der Waals surface area contributed by atoms with Gasteiger partial charge >= 0.3 is 0 Å². The lowest BCUT2D eigenvalue weighted by Crippen LogP contribution is -2.20. The van der Waals surface area contributed by atoms with Crippen molar-refractivity contribution in [3.63, 3.8) is 0 Å². The minimum absolute atomic E-state index is 0.662. The van der Waals surface area contributed by atoms with Crippen molar-refractivity contribution in [2.75, 3.05) is 0 Å². The molecular formula is C35H23N2P. The van der Waals surface area contributed by atoms with Gasteiger partial charge < -0.3 is 0 Å². The van der Waals surface area contributed by atoms with Gasteiger partial charge in [0.25, 0.3) is 0 Å². The topological polar surface area (TPSA) is 17.3 Å². The van der Waals surface area contributed by atoms with E-state index in [1.807, 2.05) is 0 Å². The van der Waals surface area contributed by atoms with E-state index >= 15 is 0 Å². The number of benzene rings is 6. The van der Waals surface area contributed by atoms with E-state index in [0.717, 1.165) is 16.7 Å². The Morgan fingerprint density at radius 1 is 0.474 bits per heavy atom. The molecule has 3 heteroatoms. The predicted molar refractivity (Wildman–Crippen MR) is 164 cm³/mol. The van der Waals surface area contributed by atoms with Crippen molar-refractivity contribution in [3.8, 4) is 0 Å². The summed E-state index contributed by atoms with van der Waals surface area (Å²) in [6, 6.07) is 50.6. The molecule has 0 unspecified atom stereocenters. The normalized spacial score (nSPS) is 11.9. The van der Waals surface area contributed by atoms with E-state index in [-0.39, 0.29) is 0 Å². The highest BCUT2D eigenvalue weighted by Gasteiger charge is 2.19. The molecule has 8 aromatic rings. The van der Waals surface area contributed by atoms with E-state index in [1.54, 1.807) is 0 Å². The summed E-state index contributed by atoms with van der Waals surface area (Å²) in [7, 11) is -0.662. The molecule has 0 saturated heterocycles. The Labute approximate surface area is 221 Å². The maximum atomic E-state index is 5.16. The molecule has 38 heavy (non-hydrogen) atoms. The molecule has 0 amide bonds. The summed E-state index contributed by atoms with van der Waals surface area (Å²) < 4.78 is 2.33. The third kappa shape index (κ3) is 3.21. The molecule has 0 spiro atoms. The minimum Gasteiger partial charge on any atom is -0.292 e. The van der Waals surface area contributed by atoms with Gasteiger partial charge in [-0.15, -0.1) is 0 Å². The predicted octanol–water partition coefficient (Wildman–Crippen LogP) is 7.71. The van der Waals surface area contributed by atoms with Crippen LogP contribution in [0.5, 0.6) is 0 Å². The molecule has 0 aliphatic carbocycles. The maximum Gasteiger partial charge on any atom is 0.147 e. The molecule has 0 N–H and O–H groups in total.